The Morgan fingerprint density at radius 3 is 2.56 bits per heavy atom. The number of rotatable bonds is 7. The Labute approximate surface area is 246 Å². The zero-order chi connectivity index (χ0) is 29.9. The van der Waals surface area contributed by atoms with Crippen LogP contribution in [-0.4, -0.2) is 67.6 Å². The lowest BCUT2D eigenvalue weighted by molar-refractivity contribution is -0.286. The molecule has 3 aliphatic heterocycles. The average Bonchev–Trinajstić information content (AvgIpc) is 3.55. The minimum atomic E-state index is -3.80. The van der Waals surface area contributed by atoms with Crippen LogP contribution in [0, 0.1) is 0 Å². The zero-order valence-electron chi connectivity index (χ0n) is 22.7. The highest BCUT2D eigenvalue weighted by Gasteiger charge is 2.44. The van der Waals surface area contributed by atoms with E-state index in [0.29, 0.717) is 29.2 Å². The van der Waals surface area contributed by atoms with Crippen LogP contribution in [-0.2, 0) is 4.74 Å². The molecule has 2 bridgehead atoms. The van der Waals surface area contributed by atoms with E-state index in [9.17, 15) is 18.4 Å². The van der Waals surface area contributed by atoms with Crippen molar-refractivity contribution in [1.29, 1.82) is 0 Å². The molecule has 0 saturated carbocycles. The third kappa shape index (κ3) is 4.79. The molecule has 2 unspecified atom stereocenters. The monoisotopic (exact) mass is 611 g/mol. The number of nitrogens with one attached hydrogen (secondary N) is 2. The number of fused-ring (bicyclic) bond motifs is 4. The number of hydrogen-bond acceptors (Lipinski definition) is 11. The largest absolute Gasteiger partial charge is 0.586 e. The Balaban J connectivity index is 1.19. The molecule has 4 aromatic rings. The van der Waals surface area contributed by atoms with Crippen molar-refractivity contribution in [1.82, 2.24) is 9.97 Å². The quantitative estimate of drug-likeness (QED) is 0.308. The predicted octanol–water partition coefficient (Wildman–Crippen LogP) is 4.51. The van der Waals surface area contributed by atoms with Crippen LogP contribution in [0.2, 0.25) is 0 Å². The summed E-state index contributed by atoms with van der Waals surface area (Å²) in [5, 5.41) is 6.19. The molecular formula is C28H23F2N5O7S. The summed E-state index contributed by atoms with van der Waals surface area (Å²) < 4.78 is 52.7. The van der Waals surface area contributed by atoms with Gasteiger partial charge in [0.1, 0.15) is 11.3 Å². The fraction of sp³-hybridized carbons (Fsp3) is 0.286. The normalized spacial score (nSPS) is 19.5. The molecule has 2 aromatic carbocycles. The van der Waals surface area contributed by atoms with Gasteiger partial charge in [0.05, 0.1) is 67.2 Å². The van der Waals surface area contributed by atoms with Crippen LogP contribution in [0.15, 0.2) is 42.6 Å². The van der Waals surface area contributed by atoms with E-state index < -0.39 is 18.1 Å². The first kappa shape index (κ1) is 27.1. The molecule has 0 radical (unpaired) electrons. The average molecular weight is 612 g/mol. The summed E-state index contributed by atoms with van der Waals surface area (Å²) in [6.45, 7) is 1.27. The summed E-state index contributed by atoms with van der Waals surface area (Å²) in [5.74, 6) is -1.17. The molecule has 7 rings (SSSR count). The maximum Gasteiger partial charge on any atom is 0.586 e. The Bertz CT molecular complexity index is 1770. The Morgan fingerprint density at radius 2 is 1.81 bits per heavy atom. The highest BCUT2D eigenvalue weighted by Crippen LogP contribution is 2.44. The number of amides is 2. The maximum atomic E-state index is 13.8. The van der Waals surface area contributed by atoms with E-state index in [4.69, 9.17) is 19.2 Å². The van der Waals surface area contributed by atoms with Gasteiger partial charge in [-0.05, 0) is 30.7 Å². The second kappa shape index (κ2) is 10.2. The number of benzene rings is 2. The summed E-state index contributed by atoms with van der Waals surface area (Å²) in [6.07, 6.45) is -1.47. The number of aromatic nitrogens is 2. The van der Waals surface area contributed by atoms with Crippen molar-refractivity contribution in [2.24, 2.45) is 0 Å². The first-order valence-corrected chi connectivity index (χ1v) is 13.9. The highest BCUT2D eigenvalue weighted by atomic mass is 32.1. The van der Waals surface area contributed by atoms with E-state index in [2.05, 4.69) is 30.0 Å². The van der Waals surface area contributed by atoms with Gasteiger partial charge in [0.2, 0.25) is 5.88 Å². The molecule has 2 amide bonds. The molecule has 2 atom stereocenters. The van der Waals surface area contributed by atoms with E-state index in [1.165, 1.54) is 56.0 Å². The molecular weight excluding hydrogens is 588 g/mol. The molecule has 2 N–H and O–H groups in total. The van der Waals surface area contributed by atoms with Crippen molar-refractivity contribution in [3.63, 3.8) is 0 Å². The SMILES string of the molecule is COc1cc(C(=O)Nc2ccc3c(c2)OC(F)(F)O3)c(NC(=O)c2c(OC)ccc3nc(N4C5COCC4C5)sc23)cn1. The molecule has 5 heterocycles. The van der Waals surface area contributed by atoms with Gasteiger partial charge in [0.15, 0.2) is 16.6 Å². The van der Waals surface area contributed by atoms with Crippen LogP contribution >= 0.6 is 11.3 Å². The van der Waals surface area contributed by atoms with Crippen molar-refractivity contribution in [2.45, 2.75) is 24.8 Å². The van der Waals surface area contributed by atoms with Crippen LogP contribution < -0.4 is 34.5 Å². The lowest BCUT2D eigenvalue weighted by Gasteiger charge is -2.52. The molecule has 15 heteroatoms. The van der Waals surface area contributed by atoms with Gasteiger partial charge in [-0.2, -0.15) is 0 Å². The van der Waals surface area contributed by atoms with Gasteiger partial charge < -0.3 is 39.2 Å². The number of anilines is 3. The third-order valence-electron chi connectivity index (χ3n) is 7.37. The number of morpholine rings is 1. The van der Waals surface area contributed by atoms with E-state index in [-0.39, 0.29) is 52.0 Å². The minimum absolute atomic E-state index is 0.00716. The molecule has 0 aliphatic carbocycles. The Hall–Kier alpha value is -4.76. The first-order valence-electron chi connectivity index (χ1n) is 13.1. The minimum Gasteiger partial charge on any atom is -0.496 e. The van der Waals surface area contributed by atoms with Gasteiger partial charge in [-0.25, -0.2) is 9.97 Å². The maximum absolute atomic E-state index is 13.8. The molecule has 43 heavy (non-hydrogen) atoms. The third-order valence-corrected chi connectivity index (χ3v) is 8.47. The number of alkyl halides is 2. The van der Waals surface area contributed by atoms with Gasteiger partial charge >= 0.3 is 6.29 Å². The molecule has 2 aromatic heterocycles. The fourth-order valence-corrected chi connectivity index (χ4v) is 6.60. The molecule has 12 nitrogen and oxygen atoms in total. The number of pyridine rings is 1. The summed E-state index contributed by atoms with van der Waals surface area (Å²) in [7, 11) is 2.84. The molecule has 2 saturated heterocycles. The Morgan fingerprint density at radius 1 is 1.02 bits per heavy atom. The Kier molecular flexibility index (Phi) is 6.43. The van der Waals surface area contributed by atoms with Crippen molar-refractivity contribution >= 4 is 49.9 Å². The van der Waals surface area contributed by atoms with Crippen molar-refractivity contribution < 1.29 is 42.1 Å². The number of hydrogen-bond donors (Lipinski definition) is 2. The fourth-order valence-electron chi connectivity index (χ4n) is 5.35. The smallest absolute Gasteiger partial charge is 0.496 e. The second-order valence-electron chi connectivity index (χ2n) is 9.99. The van der Waals surface area contributed by atoms with Crippen molar-refractivity contribution in [3.8, 4) is 23.1 Å². The molecule has 222 valence electrons. The summed E-state index contributed by atoms with van der Waals surface area (Å²) in [4.78, 5) is 38.3. The van der Waals surface area contributed by atoms with Gasteiger partial charge in [-0.15, -0.1) is 8.78 Å². The number of methoxy groups -OCH3 is 2. The first-order chi connectivity index (χ1) is 20.7. The number of thiazole rings is 1. The van der Waals surface area contributed by atoms with Crippen LogP contribution in [0.25, 0.3) is 10.2 Å². The topological polar surface area (TPSA) is 133 Å². The van der Waals surface area contributed by atoms with Gasteiger partial charge in [-0.3, -0.25) is 9.59 Å². The lowest BCUT2D eigenvalue weighted by atomic mass is 9.92. The molecule has 0 spiro atoms. The van der Waals surface area contributed by atoms with E-state index in [0.717, 1.165) is 11.6 Å². The van der Waals surface area contributed by atoms with Gasteiger partial charge in [-0.1, -0.05) is 11.3 Å². The number of ether oxygens (including phenoxy) is 5. The number of halogens is 2. The van der Waals surface area contributed by atoms with Crippen molar-refractivity contribution in [2.75, 3.05) is 43.0 Å². The highest BCUT2D eigenvalue weighted by molar-refractivity contribution is 7.22. The lowest BCUT2D eigenvalue weighted by Crippen LogP contribution is -2.64. The van der Waals surface area contributed by atoms with E-state index >= 15 is 0 Å². The van der Waals surface area contributed by atoms with Crippen LogP contribution in [0.4, 0.5) is 25.3 Å². The number of nitrogens with zero attached hydrogens (tertiary/aromatic N) is 3. The van der Waals surface area contributed by atoms with Crippen LogP contribution in [0.3, 0.4) is 0 Å². The van der Waals surface area contributed by atoms with Crippen LogP contribution in [0.1, 0.15) is 27.1 Å². The number of carbonyl (C=O) groups is 2. The standard InChI is InChI=1S/C28H23F2N5O7S/c1-38-20-6-4-17-24(43-27(34-17)35-14-8-15(35)12-40-11-14)23(20)26(37)33-18-10-31-22(39-2)9-16(18)25(36)32-13-3-5-19-21(7-13)42-28(29,30)41-19/h3-7,9-10,14-15H,8,11-12H2,1-2H3,(H,32,36)(H,33,37). The van der Waals surface area contributed by atoms with E-state index in [1.54, 1.807) is 12.1 Å². The summed E-state index contributed by atoms with van der Waals surface area (Å²) >= 11 is 1.39. The van der Waals surface area contributed by atoms with Crippen LogP contribution in [0.5, 0.6) is 23.1 Å². The molecule has 2 fully saturated rings. The predicted molar refractivity (Wildman–Crippen MR) is 151 cm³/mol. The van der Waals surface area contributed by atoms with E-state index in [1.807, 2.05) is 0 Å². The zero-order valence-corrected chi connectivity index (χ0v) is 23.5. The van der Waals surface area contributed by atoms with Gasteiger partial charge in [0, 0.05) is 17.8 Å². The summed E-state index contributed by atoms with van der Waals surface area (Å²) in [6, 6.07) is 9.16. The van der Waals surface area contributed by atoms with Crippen molar-refractivity contribution in [3.05, 3.63) is 53.7 Å². The number of carbonyl (C=O) groups excluding carboxylic acids is 2. The van der Waals surface area contributed by atoms with Gasteiger partial charge in [0.25, 0.3) is 11.8 Å². The second-order valence-corrected chi connectivity index (χ2v) is 11.0. The summed E-state index contributed by atoms with van der Waals surface area (Å²) in [5.41, 5.74) is 1.13. The molecule has 3 aliphatic rings.